The van der Waals surface area contributed by atoms with Crippen molar-refractivity contribution in [2.75, 3.05) is 6.61 Å². The van der Waals surface area contributed by atoms with Gasteiger partial charge < -0.3 is 5.11 Å². The van der Waals surface area contributed by atoms with E-state index in [-0.39, 0.29) is 5.78 Å². The summed E-state index contributed by atoms with van der Waals surface area (Å²) in [4.78, 5) is 12.4. The maximum atomic E-state index is 12.4. The van der Waals surface area contributed by atoms with Crippen LogP contribution in [0.5, 0.6) is 0 Å². The van der Waals surface area contributed by atoms with Crippen LogP contribution in [0.25, 0.3) is 0 Å². The largest absolute Gasteiger partial charge is 0.389 e. The number of aliphatic hydroxyl groups excluding tert-OH is 1. The second-order valence-electron chi connectivity index (χ2n) is 5.01. The molecule has 0 aliphatic heterocycles. The summed E-state index contributed by atoms with van der Waals surface area (Å²) in [5, 5.41) is 9.40. The van der Waals surface area contributed by atoms with Gasteiger partial charge in [0, 0.05) is 0 Å². The van der Waals surface area contributed by atoms with Gasteiger partial charge in [0.1, 0.15) is 6.61 Å². The minimum absolute atomic E-state index is 0.108. The topological polar surface area (TPSA) is 37.3 Å². The molecule has 0 bridgehead atoms. The van der Waals surface area contributed by atoms with Gasteiger partial charge in [-0.05, 0) is 29.5 Å². The third-order valence-electron chi connectivity index (χ3n) is 4.13. The maximum Gasteiger partial charge on any atom is 0.173 e. The number of hydrogen-bond acceptors (Lipinski definition) is 2. The third-order valence-corrected chi connectivity index (χ3v) is 4.13. The van der Waals surface area contributed by atoms with Crippen LogP contribution >= 0.6 is 0 Å². The van der Waals surface area contributed by atoms with E-state index in [0.717, 1.165) is 24.0 Å². The number of rotatable bonds is 3. The lowest BCUT2D eigenvalue weighted by Crippen LogP contribution is -2.37. The first-order valence-corrected chi connectivity index (χ1v) is 6.57. The lowest BCUT2D eigenvalue weighted by Gasteiger charge is -2.29. The fourth-order valence-corrected chi connectivity index (χ4v) is 3.22. The van der Waals surface area contributed by atoms with Gasteiger partial charge in [-0.3, -0.25) is 4.79 Å². The SMILES string of the molecule is O=C(CO)[C@]1(c2ccccc2)CCc2ccccc21. The molecule has 2 aromatic rings. The molecule has 0 amide bonds. The van der Waals surface area contributed by atoms with Gasteiger partial charge in [0.15, 0.2) is 5.78 Å². The highest BCUT2D eigenvalue weighted by molar-refractivity contribution is 5.95. The predicted molar refractivity (Wildman–Crippen MR) is 74.1 cm³/mol. The molecule has 19 heavy (non-hydrogen) atoms. The molecule has 2 aromatic carbocycles. The van der Waals surface area contributed by atoms with Crippen LogP contribution in [0.15, 0.2) is 54.6 Å². The van der Waals surface area contributed by atoms with E-state index in [1.54, 1.807) is 0 Å². The summed E-state index contributed by atoms with van der Waals surface area (Å²) in [6, 6.07) is 17.9. The van der Waals surface area contributed by atoms with E-state index in [0.29, 0.717) is 0 Å². The molecular weight excluding hydrogens is 236 g/mol. The zero-order chi connectivity index (χ0) is 13.3. The Bertz CT molecular complexity index is 604. The standard InChI is InChI=1S/C17H16O2/c18-12-16(19)17(14-7-2-1-3-8-14)11-10-13-6-4-5-9-15(13)17/h1-9,18H,10-12H2/t17-/m0/s1. The highest BCUT2D eigenvalue weighted by Crippen LogP contribution is 2.44. The Hall–Kier alpha value is -1.93. The highest BCUT2D eigenvalue weighted by atomic mass is 16.3. The summed E-state index contributed by atoms with van der Waals surface area (Å²) in [7, 11) is 0. The van der Waals surface area contributed by atoms with Crippen LogP contribution in [0.4, 0.5) is 0 Å². The third kappa shape index (κ3) is 1.71. The molecule has 1 aliphatic carbocycles. The van der Waals surface area contributed by atoms with E-state index < -0.39 is 12.0 Å². The van der Waals surface area contributed by atoms with Crippen molar-refractivity contribution in [3.05, 3.63) is 71.3 Å². The zero-order valence-electron chi connectivity index (χ0n) is 10.7. The average molecular weight is 252 g/mol. The van der Waals surface area contributed by atoms with Gasteiger partial charge in [-0.1, -0.05) is 54.6 Å². The van der Waals surface area contributed by atoms with E-state index in [1.165, 1.54) is 5.56 Å². The molecule has 2 nitrogen and oxygen atoms in total. The van der Waals surface area contributed by atoms with Gasteiger partial charge >= 0.3 is 0 Å². The second-order valence-corrected chi connectivity index (χ2v) is 5.01. The van der Waals surface area contributed by atoms with Crippen LogP contribution in [-0.2, 0) is 16.6 Å². The van der Waals surface area contributed by atoms with E-state index in [4.69, 9.17) is 0 Å². The van der Waals surface area contributed by atoms with Crippen LogP contribution in [0, 0.1) is 0 Å². The van der Waals surface area contributed by atoms with Crippen molar-refractivity contribution in [2.24, 2.45) is 0 Å². The minimum atomic E-state index is -0.660. The van der Waals surface area contributed by atoms with Crippen LogP contribution in [0.3, 0.4) is 0 Å². The summed E-state index contributed by atoms with van der Waals surface area (Å²) in [5.41, 5.74) is 2.60. The molecule has 0 unspecified atom stereocenters. The molecule has 1 N–H and O–H groups in total. The number of hydrogen-bond donors (Lipinski definition) is 1. The number of fused-ring (bicyclic) bond motifs is 1. The van der Waals surface area contributed by atoms with E-state index >= 15 is 0 Å². The van der Waals surface area contributed by atoms with Gasteiger partial charge in [0.2, 0.25) is 0 Å². The van der Waals surface area contributed by atoms with E-state index in [1.807, 2.05) is 48.5 Å². The highest BCUT2D eigenvalue weighted by Gasteiger charge is 2.45. The Morgan fingerprint density at radius 1 is 1.05 bits per heavy atom. The normalized spacial score (nSPS) is 21.1. The monoisotopic (exact) mass is 252 g/mol. The molecule has 0 fully saturated rings. The fourth-order valence-electron chi connectivity index (χ4n) is 3.22. The maximum absolute atomic E-state index is 12.4. The smallest absolute Gasteiger partial charge is 0.173 e. The Balaban J connectivity index is 2.24. The molecular formula is C17H16O2. The number of ketones is 1. The van der Waals surface area contributed by atoms with Crippen LogP contribution in [0.1, 0.15) is 23.1 Å². The molecule has 0 heterocycles. The Labute approximate surface area is 112 Å². The van der Waals surface area contributed by atoms with E-state index in [9.17, 15) is 9.90 Å². The Morgan fingerprint density at radius 3 is 2.47 bits per heavy atom. The lowest BCUT2D eigenvalue weighted by atomic mass is 9.72. The molecule has 0 saturated carbocycles. The minimum Gasteiger partial charge on any atom is -0.389 e. The van der Waals surface area contributed by atoms with Crippen molar-refractivity contribution in [1.29, 1.82) is 0 Å². The molecule has 3 rings (SSSR count). The molecule has 0 radical (unpaired) electrons. The van der Waals surface area contributed by atoms with Crippen molar-refractivity contribution in [1.82, 2.24) is 0 Å². The van der Waals surface area contributed by atoms with Crippen molar-refractivity contribution in [3.8, 4) is 0 Å². The molecule has 1 aliphatic rings. The number of carbonyl (C=O) groups excluding carboxylic acids is 1. The van der Waals surface area contributed by atoms with E-state index in [2.05, 4.69) is 6.07 Å². The van der Waals surface area contributed by atoms with Crippen molar-refractivity contribution in [2.45, 2.75) is 18.3 Å². The molecule has 0 saturated heterocycles. The lowest BCUT2D eigenvalue weighted by molar-refractivity contribution is -0.126. The number of benzene rings is 2. The first-order chi connectivity index (χ1) is 9.29. The molecule has 96 valence electrons. The van der Waals surface area contributed by atoms with Crippen LogP contribution < -0.4 is 0 Å². The number of carbonyl (C=O) groups is 1. The van der Waals surface area contributed by atoms with Gasteiger partial charge in [-0.25, -0.2) is 0 Å². The quantitative estimate of drug-likeness (QED) is 0.911. The van der Waals surface area contributed by atoms with Gasteiger partial charge in [-0.2, -0.15) is 0 Å². The fraction of sp³-hybridized carbons (Fsp3) is 0.235. The summed E-state index contributed by atoms with van der Waals surface area (Å²) < 4.78 is 0. The average Bonchev–Trinajstić information content (AvgIpc) is 2.88. The summed E-state index contributed by atoms with van der Waals surface area (Å²) in [6.07, 6.45) is 1.63. The Kier molecular flexibility index (Phi) is 2.96. The molecule has 0 spiro atoms. The first kappa shape index (κ1) is 12.1. The molecule has 1 atom stereocenters. The zero-order valence-corrected chi connectivity index (χ0v) is 10.7. The van der Waals surface area contributed by atoms with Crippen molar-refractivity contribution >= 4 is 5.78 Å². The van der Waals surface area contributed by atoms with Gasteiger partial charge in [-0.15, -0.1) is 0 Å². The molecule has 0 aromatic heterocycles. The Morgan fingerprint density at radius 2 is 1.74 bits per heavy atom. The van der Waals surface area contributed by atoms with Gasteiger partial charge in [0.05, 0.1) is 5.41 Å². The summed E-state index contributed by atoms with van der Waals surface area (Å²) in [6.45, 7) is -0.413. The van der Waals surface area contributed by atoms with Crippen molar-refractivity contribution in [3.63, 3.8) is 0 Å². The summed E-state index contributed by atoms with van der Waals surface area (Å²) in [5.74, 6) is -0.108. The van der Waals surface area contributed by atoms with Crippen molar-refractivity contribution < 1.29 is 9.90 Å². The predicted octanol–water partition coefficient (Wildman–Crippen LogP) is 2.48. The van der Waals surface area contributed by atoms with Crippen LogP contribution in [0.2, 0.25) is 0 Å². The summed E-state index contributed by atoms with van der Waals surface area (Å²) >= 11 is 0. The second kappa shape index (κ2) is 4.63. The number of aliphatic hydroxyl groups is 1. The van der Waals surface area contributed by atoms with Gasteiger partial charge in [0.25, 0.3) is 0 Å². The molecule has 2 heteroatoms. The number of Topliss-reactive ketones (excluding diaryl/α,β-unsaturated/α-hetero) is 1. The van der Waals surface area contributed by atoms with Crippen LogP contribution in [-0.4, -0.2) is 17.5 Å². The number of aryl methyl sites for hydroxylation is 1. The first-order valence-electron chi connectivity index (χ1n) is 6.57.